The van der Waals surface area contributed by atoms with E-state index in [-0.39, 0.29) is 0 Å². The fourth-order valence-electron chi connectivity index (χ4n) is 6.82. The van der Waals surface area contributed by atoms with E-state index in [1.807, 2.05) is 0 Å². The number of fused-ring (bicyclic) bond motifs is 8. The monoisotopic (exact) mass is 549 g/mol. The number of rotatable bonds is 4. The van der Waals surface area contributed by atoms with Crippen molar-refractivity contribution in [2.24, 2.45) is 0 Å². The largest absolute Gasteiger partial charge is 0.353 e. The maximum atomic E-state index is 3.81. The summed E-state index contributed by atoms with van der Waals surface area (Å²) in [6.45, 7) is 0. The minimum Gasteiger partial charge on any atom is -0.353 e. The van der Waals surface area contributed by atoms with Gasteiger partial charge >= 0.3 is 0 Å². The van der Waals surface area contributed by atoms with Crippen LogP contribution in [0.4, 0.5) is 17.1 Å². The smallest absolute Gasteiger partial charge is 0.0724 e. The Bertz CT molecular complexity index is 2410. The van der Waals surface area contributed by atoms with Crippen LogP contribution in [0.1, 0.15) is 0 Å². The number of hydrogen-bond acceptors (Lipinski definition) is 1. The van der Waals surface area contributed by atoms with Gasteiger partial charge in [0.1, 0.15) is 0 Å². The Morgan fingerprint density at radius 3 is 1.84 bits per heavy atom. The van der Waals surface area contributed by atoms with Gasteiger partial charge in [0.15, 0.2) is 0 Å². The Hall–Kier alpha value is -5.80. The second kappa shape index (κ2) is 9.37. The van der Waals surface area contributed by atoms with E-state index < -0.39 is 0 Å². The minimum absolute atomic E-state index is 1.11. The summed E-state index contributed by atoms with van der Waals surface area (Å²) in [4.78, 5) is 6.16. The SMILES string of the molecule is c1ccc(N(c2ccccc2)c2cc(-n3c4ccccc4c4c5ccccc5ccc43)c3[nH]c4ccccc4c3c2)cc1. The fourth-order valence-corrected chi connectivity index (χ4v) is 6.82. The number of nitrogens with one attached hydrogen (secondary N) is 1. The number of anilines is 3. The maximum Gasteiger partial charge on any atom is 0.0724 e. The maximum absolute atomic E-state index is 3.81. The first kappa shape index (κ1) is 23.9. The van der Waals surface area contributed by atoms with Gasteiger partial charge in [-0.25, -0.2) is 0 Å². The lowest BCUT2D eigenvalue weighted by Gasteiger charge is -2.26. The van der Waals surface area contributed by atoms with Crippen molar-refractivity contribution >= 4 is 71.4 Å². The lowest BCUT2D eigenvalue weighted by atomic mass is 10.0. The van der Waals surface area contributed by atoms with E-state index in [1.165, 1.54) is 43.4 Å². The van der Waals surface area contributed by atoms with Crippen LogP contribution in [-0.4, -0.2) is 9.55 Å². The van der Waals surface area contributed by atoms with Gasteiger partial charge in [0.05, 0.1) is 22.2 Å². The Labute approximate surface area is 248 Å². The van der Waals surface area contributed by atoms with Gasteiger partial charge in [-0.05, 0) is 65.4 Å². The minimum atomic E-state index is 1.11. The molecule has 0 atom stereocenters. The van der Waals surface area contributed by atoms with E-state index in [1.54, 1.807) is 0 Å². The first-order valence-electron chi connectivity index (χ1n) is 14.7. The normalized spacial score (nSPS) is 11.7. The zero-order chi connectivity index (χ0) is 28.3. The molecule has 43 heavy (non-hydrogen) atoms. The molecule has 202 valence electrons. The second-order valence-corrected chi connectivity index (χ2v) is 11.1. The molecule has 0 fully saturated rings. The predicted octanol–water partition coefficient (Wildman–Crippen LogP) is 11.0. The van der Waals surface area contributed by atoms with E-state index in [0.717, 1.165) is 33.8 Å². The van der Waals surface area contributed by atoms with E-state index >= 15 is 0 Å². The first-order chi connectivity index (χ1) is 21.3. The molecule has 0 bridgehead atoms. The molecule has 0 unspecified atom stereocenters. The summed E-state index contributed by atoms with van der Waals surface area (Å²) in [5, 5.41) is 7.48. The number of aromatic amines is 1. The molecule has 3 heteroatoms. The molecule has 2 heterocycles. The molecular formula is C40H27N3. The van der Waals surface area contributed by atoms with Crippen molar-refractivity contribution in [3.8, 4) is 5.69 Å². The van der Waals surface area contributed by atoms with Gasteiger partial charge in [0.25, 0.3) is 0 Å². The molecule has 0 aliphatic heterocycles. The summed E-state index contributed by atoms with van der Waals surface area (Å²) in [5.41, 5.74) is 9.12. The Balaban J connectivity index is 1.45. The second-order valence-electron chi connectivity index (χ2n) is 11.1. The zero-order valence-corrected chi connectivity index (χ0v) is 23.4. The third kappa shape index (κ3) is 3.62. The average Bonchev–Trinajstić information content (AvgIpc) is 3.62. The summed E-state index contributed by atoms with van der Waals surface area (Å²) in [6.07, 6.45) is 0. The number of hydrogen-bond donors (Lipinski definition) is 1. The molecule has 0 aliphatic rings. The van der Waals surface area contributed by atoms with Crippen LogP contribution in [-0.2, 0) is 0 Å². The standard InChI is InChI=1S/C40H27N3/c1-3-14-28(15-4-1)42(29-16-5-2-6-17-29)30-25-34-32-19-9-11-21-35(32)41-40(34)38(26-30)43-36-22-12-10-20-33(36)39-31-18-8-7-13-27(31)23-24-37(39)43/h1-26,41H. The van der Waals surface area contributed by atoms with Crippen LogP contribution in [0, 0.1) is 0 Å². The molecule has 9 aromatic rings. The predicted molar refractivity (Wildman–Crippen MR) is 182 cm³/mol. The third-order valence-electron chi connectivity index (χ3n) is 8.67. The van der Waals surface area contributed by atoms with Gasteiger partial charge in [-0.1, -0.05) is 103 Å². The highest BCUT2D eigenvalue weighted by Crippen LogP contribution is 2.43. The summed E-state index contributed by atoms with van der Waals surface area (Å²) in [5.74, 6) is 0. The van der Waals surface area contributed by atoms with Gasteiger partial charge in [-0.2, -0.15) is 0 Å². The highest BCUT2D eigenvalue weighted by atomic mass is 15.1. The van der Waals surface area contributed by atoms with E-state index in [2.05, 4.69) is 172 Å². The van der Waals surface area contributed by atoms with Crippen LogP contribution in [0.25, 0.3) is 60.1 Å². The third-order valence-corrected chi connectivity index (χ3v) is 8.67. The molecule has 0 spiro atoms. The molecule has 0 amide bonds. The Morgan fingerprint density at radius 1 is 0.442 bits per heavy atom. The number of H-pyrrole nitrogens is 1. The summed E-state index contributed by atoms with van der Waals surface area (Å²) >= 11 is 0. The first-order valence-corrected chi connectivity index (χ1v) is 14.7. The van der Waals surface area contributed by atoms with Crippen molar-refractivity contribution < 1.29 is 0 Å². The summed E-state index contributed by atoms with van der Waals surface area (Å²) < 4.78 is 2.45. The van der Waals surface area contributed by atoms with E-state index in [4.69, 9.17) is 0 Å². The van der Waals surface area contributed by atoms with Gasteiger partial charge in [-0.3, -0.25) is 0 Å². The summed E-state index contributed by atoms with van der Waals surface area (Å²) in [7, 11) is 0. The topological polar surface area (TPSA) is 24.0 Å². The van der Waals surface area contributed by atoms with Gasteiger partial charge in [0, 0.05) is 44.1 Å². The summed E-state index contributed by atoms with van der Waals surface area (Å²) in [6, 6.07) is 56.6. The van der Waals surface area contributed by atoms with Crippen LogP contribution in [0.2, 0.25) is 0 Å². The van der Waals surface area contributed by atoms with Crippen LogP contribution in [0.15, 0.2) is 158 Å². The quantitative estimate of drug-likeness (QED) is 0.232. The molecule has 3 nitrogen and oxygen atoms in total. The van der Waals surface area contributed by atoms with Crippen LogP contribution < -0.4 is 4.90 Å². The van der Waals surface area contributed by atoms with Crippen molar-refractivity contribution in [1.29, 1.82) is 0 Å². The molecule has 7 aromatic carbocycles. The van der Waals surface area contributed by atoms with Gasteiger partial charge in [-0.15, -0.1) is 0 Å². The molecule has 0 aliphatic carbocycles. The number of para-hydroxylation sites is 4. The van der Waals surface area contributed by atoms with Crippen LogP contribution >= 0.6 is 0 Å². The molecule has 0 radical (unpaired) electrons. The number of benzene rings is 7. The lowest BCUT2D eigenvalue weighted by molar-refractivity contribution is 1.18. The van der Waals surface area contributed by atoms with Crippen molar-refractivity contribution in [3.63, 3.8) is 0 Å². The molecule has 0 saturated carbocycles. The molecule has 0 saturated heterocycles. The molecular weight excluding hydrogens is 522 g/mol. The average molecular weight is 550 g/mol. The molecule has 2 aromatic heterocycles. The van der Waals surface area contributed by atoms with Crippen molar-refractivity contribution in [2.45, 2.75) is 0 Å². The number of aromatic nitrogens is 2. The van der Waals surface area contributed by atoms with Crippen molar-refractivity contribution in [2.75, 3.05) is 4.90 Å². The lowest BCUT2D eigenvalue weighted by Crippen LogP contribution is -2.10. The fraction of sp³-hybridized carbons (Fsp3) is 0. The number of nitrogens with zero attached hydrogens (tertiary/aromatic N) is 2. The van der Waals surface area contributed by atoms with E-state index in [9.17, 15) is 0 Å². The Morgan fingerprint density at radius 2 is 1.07 bits per heavy atom. The van der Waals surface area contributed by atoms with Gasteiger partial charge in [0.2, 0.25) is 0 Å². The van der Waals surface area contributed by atoms with Crippen molar-refractivity contribution in [1.82, 2.24) is 9.55 Å². The van der Waals surface area contributed by atoms with Crippen LogP contribution in [0.3, 0.4) is 0 Å². The molecule has 1 N–H and O–H groups in total. The highest BCUT2D eigenvalue weighted by Gasteiger charge is 2.21. The zero-order valence-electron chi connectivity index (χ0n) is 23.4. The van der Waals surface area contributed by atoms with Crippen molar-refractivity contribution in [3.05, 3.63) is 158 Å². The van der Waals surface area contributed by atoms with Gasteiger partial charge < -0.3 is 14.5 Å². The highest BCUT2D eigenvalue weighted by molar-refractivity contribution is 6.22. The van der Waals surface area contributed by atoms with E-state index in [0.29, 0.717) is 0 Å². The van der Waals surface area contributed by atoms with Crippen LogP contribution in [0.5, 0.6) is 0 Å². The molecule has 9 rings (SSSR count). The Kier molecular flexibility index (Phi) is 5.20.